The number of carbonyl (C=O) groups excluding carboxylic acids is 1. The van der Waals surface area contributed by atoms with Crippen LogP contribution in [-0.2, 0) is 21.2 Å². The van der Waals surface area contributed by atoms with E-state index in [4.69, 9.17) is 16.3 Å². The molecule has 1 heterocycles. The second-order valence-electron chi connectivity index (χ2n) is 7.49. The molecule has 1 aliphatic heterocycles. The van der Waals surface area contributed by atoms with Crippen molar-refractivity contribution >= 4 is 33.2 Å². The first-order valence-corrected chi connectivity index (χ1v) is 11.9. The van der Waals surface area contributed by atoms with E-state index in [1.807, 2.05) is 12.1 Å². The summed E-state index contributed by atoms with van der Waals surface area (Å²) in [5.74, 6) is 0.101. The molecule has 4 rings (SSSR count). The van der Waals surface area contributed by atoms with Gasteiger partial charge in [0.05, 0.1) is 18.0 Å². The van der Waals surface area contributed by atoms with Crippen LogP contribution in [0.5, 0.6) is 5.75 Å². The predicted octanol–water partition coefficient (Wildman–Crippen LogP) is 3.45. The van der Waals surface area contributed by atoms with Crippen LogP contribution in [0.3, 0.4) is 0 Å². The number of nitrogens with zero attached hydrogens (tertiary/aromatic N) is 1. The fourth-order valence-electron chi connectivity index (χ4n) is 4.05. The maximum atomic E-state index is 13.0. The molecule has 0 saturated carbocycles. The molecule has 2 aromatic carbocycles. The van der Waals surface area contributed by atoms with Crippen LogP contribution in [0.1, 0.15) is 36.4 Å². The Bertz CT molecular complexity index is 1040. The maximum absolute atomic E-state index is 13.0. The van der Waals surface area contributed by atoms with Gasteiger partial charge in [-0.05, 0) is 48.6 Å². The predicted molar refractivity (Wildman–Crippen MR) is 113 cm³/mol. The molecule has 0 fully saturated rings. The number of fused-ring (bicyclic) bond motifs is 2. The molecule has 2 aliphatic rings. The van der Waals surface area contributed by atoms with Crippen molar-refractivity contribution in [1.29, 1.82) is 0 Å². The highest BCUT2D eigenvalue weighted by Gasteiger charge is 2.33. The quantitative estimate of drug-likeness (QED) is 0.802. The van der Waals surface area contributed by atoms with E-state index >= 15 is 0 Å². The molecule has 1 amide bonds. The second-order valence-corrected chi connectivity index (χ2v) is 9.84. The zero-order valence-electron chi connectivity index (χ0n) is 16.1. The monoisotopic (exact) mass is 434 g/mol. The van der Waals surface area contributed by atoms with Crippen LogP contribution in [0, 0.1) is 0 Å². The fourth-order valence-corrected chi connectivity index (χ4v) is 5.15. The van der Waals surface area contributed by atoms with E-state index < -0.39 is 16.1 Å². The van der Waals surface area contributed by atoms with E-state index in [0.29, 0.717) is 16.5 Å². The number of carbonyl (C=O) groups is 1. The lowest BCUT2D eigenvalue weighted by atomic mass is 9.87. The Kier molecular flexibility index (Phi) is 5.44. The maximum Gasteiger partial charge on any atom is 0.261 e. The van der Waals surface area contributed by atoms with E-state index in [9.17, 15) is 13.2 Å². The summed E-state index contributed by atoms with van der Waals surface area (Å²) in [6.45, 7) is 0.144. The zero-order chi connectivity index (χ0) is 20.6. The topological polar surface area (TPSA) is 75.7 Å². The number of nitrogens with one attached hydrogen (secondary N) is 1. The normalized spacial score (nSPS) is 21.4. The number of halogens is 1. The molecular weight excluding hydrogens is 412 g/mol. The summed E-state index contributed by atoms with van der Waals surface area (Å²) in [5.41, 5.74) is 2.76. The largest absolute Gasteiger partial charge is 0.478 e. The Balaban J connectivity index is 1.57. The van der Waals surface area contributed by atoms with Crippen molar-refractivity contribution in [3.05, 3.63) is 58.6 Å². The number of hydrogen-bond donors (Lipinski definition) is 1. The van der Waals surface area contributed by atoms with Gasteiger partial charge in [0, 0.05) is 18.0 Å². The third-order valence-corrected chi connectivity index (χ3v) is 6.85. The number of aryl methyl sites for hydroxylation is 1. The highest BCUT2D eigenvalue weighted by atomic mass is 35.5. The van der Waals surface area contributed by atoms with Crippen molar-refractivity contribution in [1.82, 2.24) is 5.32 Å². The van der Waals surface area contributed by atoms with Gasteiger partial charge in [-0.1, -0.05) is 35.9 Å². The molecule has 154 valence electrons. The molecule has 0 bridgehead atoms. The minimum atomic E-state index is -3.53. The first-order chi connectivity index (χ1) is 13.8. The van der Waals surface area contributed by atoms with Gasteiger partial charge in [-0.15, -0.1) is 0 Å². The first kappa shape index (κ1) is 20.0. The molecule has 2 aromatic rings. The summed E-state index contributed by atoms with van der Waals surface area (Å²) in [5, 5.41) is 3.52. The van der Waals surface area contributed by atoms with Gasteiger partial charge in [0.2, 0.25) is 10.0 Å². The highest BCUT2D eigenvalue weighted by molar-refractivity contribution is 7.92. The van der Waals surface area contributed by atoms with Crippen LogP contribution in [-0.4, -0.2) is 33.2 Å². The van der Waals surface area contributed by atoms with Gasteiger partial charge in [0.1, 0.15) is 5.75 Å². The van der Waals surface area contributed by atoms with E-state index in [1.54, 1.807) is 18.2 Å². The molecule has 1 aliphatic carbocycles. The molecule has 0 aromatic heterocycles. The number of rotatable bonds is 3. The Hall–Kier alpha value is -2.25. The van der Waals surface area contributed by atoms with Crippen LogP contribution < -0.4 is 14.4 Å². The minimum absolute atomic E-state index is 0.0602. The number of hydrogen-bond acceptors (Lipinski definition) is 4. The van der Waals surface area contributed by atoms with E-state index in [-0.39, 0.29) is 24.9 Å². The SMILES string of the molecule is CS(=O)(=O)N1CC[C@H](C(=O)N[C@@H]2CCCc3ccccc32)Oc2ccc(Cl)cc21. The van der Waals surface area contributed by atoms with Crippen LogP contribution in [0.2, 0.25) is 5.02 Å². The van der Waals surface area contributed by atoms with Gasteiger partial charge in [0.25, 0.3) is 5.91 Å². The minimum Gasteiger partial charge on any atom is -0.478 e. The van der Waals surface area contributed by atoms with Crippen molar-refractivity contribution < 1.29 is 17.9 Å². The molecule has 6 nitrogen and oxygen atoms in total. The molecule has 8 heteroatoms. The van der Waals surface area contributed by atoms with Gasteiger partial charge in [-0.3, -0.25) is 9.10 Å². The number of anilines is 1. The van der Waals surface area contributed by atoms with Gasteiger partial charge in [-0.2, -0.15) is 0 Å². The molecule has 0 radical (unpaired) electrons. The van der Waals surface area contributed by atoms with E-state index in [1.165, 1.54) is 9.87 Å². The summed E-state index contributed by atoms with van der Waals surface area (Å²) in [7, 11) is -3.53. The third-order valence-electron chi connectivity index (χ3n) is 5.43. The third kappa shape index (κ3) is 4.21. The van der Waals surface area contributed by atoms with Crippen molar-refractivity contribution in [2.75, 3.05) is 17.1 Å². The van der Waals surface area contributed by atoms with Gasteiger partial charge >= 0.3 is 0 Å². The summed E-state index contributed by atoms with van der Waals surface area (Å²) < 4.78 is 31.7. The number of amides is 1. The van der Waals surface area contributed by atoms with Crippen LogP contribution in [0.4, 0.5) is 5.69 Å². The molecule has 1 N–H and O–H groups in total. The average Bonchev–Trinajstić information content (AvgIpc) is 2.87. The summed E-state index contributed by atoms with van der Waals surface area (Å²) in [4.78, 5) is 13.0. The van der Waals surface area contributed by atoms with Gasteiger partial charge in [0.15, 0.2) is 6.10 Å². The van der Waals surface area contributed by atoms with Crippen LogP contribution in [0.15, 0.2) is 42.5 Å². The molecule has 29 heavy (non-hydrogen) atoms. The van der Waals surface area contributed by atoms with Crippen molar-refractivity contribution in [3.63, 3.8) is 0 Å². The number of benzene rings is 2. The lowest BCUT2D eigenvalue weighted by molar-refractivity contribution is -0.129. The summed E-state index contributed by atoms with van der Waals surface area (Å²) >= 11 is 6.06. The van der Waals surface area contributed by atoms with E-state index in [0.717, 1.165) is 31.1 Å². The van der Waals surface area contributed by atoms with Crippen LogP contribution >= 0.6 is 11.6 Å². The molecule has 0 saturated heterocycles. The Labute approximate surface area is 175 Å². The average molecular weight is 435 g/mol. The summed E-state index contributed by atoms with van der Waals surface area (Å²) in [6, 6.07) is 12.9. The Morgan fingerprint density at radius 1 is 1.21 bits per heavy atom. The fraction of sp³-hybridized carbons (Fsp3) is 0.381. The summed E-state index contributed by atoms with van der Waals surface area (Å²) in [6.07, 6.45) is 3.50. The van der Waals surface area contributed by atoms with Crippen molar-refractivity contribution in [2.45, 2.75) is 37.8 Å². The van der Waals surface area contributed by atoms with Gasteiger partial charge in [-0.25, -0.2) is 8.42 Å². The molecular formula is C21H23ClN2O4S. The lowest BCUT2D eigenvalue weighted by Crippen LogP contribution is -2.42. The second kappa shape index (κ2) is 7.88. The molecule has 2 atom stereocenters. The Morgan fingerprint density at radius 3 is 2.79 bits per heavy atom. The molecule has 0 unspecified atom stereocenters. The lowest BCUT2D eigenvalue weighted by Gasteiger charge is -2.28. The van der Waals surface area contributed by atoms with Gasteiger partial charge < -0.3 is 10.1 Å². The number of sulfonamides is 1. The highest BCUT2D eigenvalue weighted by Crippen LogP contribution is 2.37. The van der Waals surface area contributed by atoms with Crippen LogP contribution in [0.25, 0.3) is 0 Å². The molecule has 0 spiro atoms. The van der Waals surface area contributed by atoms with E-state index in [2.05, 4.69) is 17.4 Å². The first-order valence-electron chi connectivity index (χ1n) is 9.65. The smallest absolute Gasteiger partial charge is 0.261 e. The van der Waals surface area contributed by atoms with Crippen molar-refractivity contribution in [3.8, 4) is 5.75 Å². The number of ether oxygens (including phenoxy) is 1. The van der Waals surface area contributed by atoms with Crippen molar-refractivity contribution in [2.24, 2.45) is 0 Å². The zero-order valence-corrected chi connectivity index (χ0v) is 17.7. The standard InChI is InChI=1S/C21H23ClN2O4S/c1-29(26,27)24-12-11-20(28-19-10-9-15(22)13-18(19)24)21(25)23-17-8-4-6-14-5-2-3-7-16(14)17/h2-3,5,7,9-10,13,17,20H,4,6,8,11-12H2,1H3,(H,23,25)/t17-,20-/m1/s1. The Morgan fingerprint density at radius 2 is 2.00 bits per heavy atom.